The summed E-state index contributed by atoms with van der Waals surface area (Å²) in [6, 6.07) is 3.97. The van der Waals surface area contributed by atoms with Gasteiger partial charge < -0.3 is 14.2 Å². The molecular formula is C20H23F3N4O2S. The van der Waals surface area contributed by atoms with Crippen LogP contribution in [0.3, 0.4) is 0 Å². The molecule has 0 amide bonds. The second-order valence-electron chi connectivity index (χ2n) is 7.11. The first kappa shape index (κ1) is 18.4. The van der Waals surface area contributed by atoms with Crippen LogP contribution in [0.4, 0.5) is 19.0 Å². The normalized spacial score (nSPS) is 20.3. The van der Waals surface area contributed by atoms with E-state index in [0.29, 0.717) is 44.1 Å². The van der Waals surface area contributed by atoms with Crippen LogP contribution in [0.5, 0.6) is 0 Å². The third-order valence-electron chi connectivity index (χ3n) is 5.27. The van der Waals surface area contributed by atoms with Crippen molar-refractivity contribution in [2.24, 2.45) is 4.99 Å². The van der Waals surface area contributed by atoms with Crippen LogP contribution in [0.25, 0.3) is 0 Å². The highest BCUT2D eigenvalue weighted by atomic mass is 32.2. The first-order valence-corrected chi connectivity index (χ1v) is 10.5. The predicted molar refractivity (Wildman–Crippen MR) is 111 cm³/mol. The number of alkyl halides is 3. The zero-order valence-electron chi connectivity index (χ0n) is 18.6. The number of rotatable bonds is 3. The number of hydrogen-bond donors (Lipinski definition) is 0. The van der Waals surface area contributed by atoms with Gasteiger partial charge in [-0.15, -0.1) is 0 Å². The molecule has 0 unspecified atom stereocenters. The smallest absolute Gasteiger partial charge is 0.378 e. The highest BCUT2D eigenvalue weighted by Crippen LogP contribution is 2.38. The average molecular weight is 443 g/mol. The number of aryl methyl sites for hydroxylation is 1. The number of aromatic nitrogens is 2. The number of amidine groups is 1. The van der Waals surface area contributed by atoms with Crippen molar-refractivity contribution >= 4 is 22.6 Å². The summed E-state index contributed by atoms with van der Waals surface area (Å²) in [4.78, 5) is 23.1. The van der Waals surface area contributed by atoms with Gasteiger partial charge in [0.15, 0.2) is 5.82 Å². The monoisotopic (exact) mass is 442 g/mol. The number of halogens is 3. The fourth-order valence-corrected chi connectivity index (χ4v) is 4.64. The number of fused-ring (bicyclic) bond motifs is 1. The lowest BCUT2D eigenvalue weighted by Crippen LogP contribution is -2.38. The van der Waals surface area contributed by atoms with E-state index >= 15 is 0 Å². The van der Waals surface area contributed by atoms with Gasteiger partial charge in [-0.1, -0.05) is 19.1 Å². The number of hydrogen-bond acceptors (Lipinski definition) is 5. The van der Waals surface area contributed by atoms with Gasteiger partial charge in [-0.3, -0.25) is 4.79 Å². The molecule has 0 radical (unpaired) electrons. The van der Waals surface area contributed by atoms with Gasteiger partial charge in [0, 0.05) is 19.5 Å². The summed E-state index contributed by atoms with van der Waals surface area (Å²) in [5.74, 6) is 0.507. The van der Waals surface area contributed by atoms with Gasteiger partial charge in [-0.05, 0) is 24.1 Å². The Morgan fingerprint density at radius 2 is 2.03 bits per heavy atom. The Bertz CT molecular complexity index is 1140. The first-order valence-electron chi connectivity index (χ1n) is 10.5. The zero-order chi connectivity index (χ0) is 23.3. The van der Waals surface area contributed by atoms with Gasteiger partial charge in [-0.25, -0.2) is 4.99 Å². The molecule has 0 aliphatic carbocycles. The highest BCUT2D eigenvalue weighted by molar-refractivity contribution is 8.14. The van der Waals surface area contributed by atoms with Gasteiger partial charge in [0.2, 0.25) is 0 Å². The molecule has 1 aromatic heterocycles. The molecule has 0 spiro atoms. The van der Waals surface area contributed by atoms with E-state index in [-0.39, 0.29) is 28.0 Å². The van der Waals surface area contributed by atoms with Crippen LogP contribution in [0, 0.1) is 6.92 Å². The second-order valence-corrected chi connectivity index (χ2v) is 8.09. The first-order chi connectivity index (χ1) is 15.1. The summed E-state index contributed by atoms with van der Waals surface area (Å²) in [5.41, 5.74) is -0.897. The molecule has 2 aromatic rings. The van der Waals surface area contributed by atoms with Crippen LogP contribution >= 0.6 is 11.6 Å². The highest BCUT2D eigenvalue weighted by Gasteiger charge is 2.33. The molecule has 3 heterocycles. The summed E-state index contributed by atoms with van der Waals surface area (Å²) >= 11 is -3.21. The van der Waals surface area contributed by atoms with Crippen LogP contribution in [0.2, 0.25) is 0 Å². The molecule has 2 aliphatic heterocycles. The third-order valence-corrected chi connectivity index (χ3v) is 6.36. The SMILES string of the molecule is [2H]S1([2H])C(N2CCOCC2)=Nc2c1c(=O)nc(CC)n2Cc1cccc(C(F)(F)F)c1C. The van der Waals surface area contributed by atoms with Crippen LogP contribution < -0.4 is 5.56 Å². The maximum Gasteiger partial charge on any atom is 0.416 e. The van der Waals surface area contributed by atoms with Gasteiger partial charge >= 0.3 is 6.18 Å². The molecular weight excluding hydrogens is 417 g/mol. The van der Waals surface area contributed by atoms with E-state index in [0.717, 1.165) is 6.07 Å². The number of benzene rings is 1. The third kappa shape index (κ3) is 3.85. The van der Waals surface area contributed by atoms with Gasteiger partial charge in [-0.2, -0.15) is 29.7 Å². The van der Waals surface area contributed by atoms with E-state index in [4.69, 9.17) is 6.98 Å². The van der Waals surface area contributed by atoms with Crippen molar-refractivity contribution in [2.75, 3.05) is 26.3 Å². The molecule has 0 bridgehead atoms. The molecule has 6 nitrogen and oxygen atoms in total. The Morgan fingerprint density at radius 1 is 1.30 bits per heavy atom. The summed E-state index contributed by atoms with van der Waals surface area (Å²) in [6.07, 6.45) is -4.14. The minimum absolute atomic E-state index is 0.00392. The van der Waals surface area contributed by atoms with Crippen molar-refractivity contribution in [1.82, 2.24) is 14.5 Å². The second kappa shape index (κ2) is 8.07. The minimum atomic E-state index is -4.49. The number of morpholine rings is 1. The van der Waals surface area contributed by atoms with E-state index in [2.05, 4.69) is 9.98 Å². The fourth-order valence-electron chi connectivity index (χ4n) is 3.63. The Hall–Kier alpha value is -2.33. The quantitative estimate of drug-likeness (QED) is 0.733. The number of ether oxygens (including phenoxy) is 1. The minimum Gasteiger partial charge on any atom is -0.378 e. The van der Waals surface area contributed by atoms with Crippen molar-refractivity contribution in [3.63, 3.8) is 0 Å². The molecule has 162 valence electrons. The van der Waals surface area contributed by atoms with Crippen LogP contribution in [0.1, 0.15) is 29.4 Å². The van der Waals surface area contributed by atoms with Gasteiger partial charge in [0.05, 0.1) is 27.6 Å². The van der Waals surface area contributed by atoms with Crippen molar-refractivity contribution in [1.29, 1.82) is 2.25 Å². The van der Waals surface area contributed by atoms with E-state index in [9.17, 15) is 18.0 Å². The molecule has 0 N–H and O–H groups in total. The van der Waals surface area contributed by atoms with E-state index < -0.39 is 28.9 Å². The predicted octanol–water partition coefficient (Wildman–Crippen LogP) is 3.07. The maximum absolute atomic E-state index is 13.4. The van der Waals surface area contributed by atoms with Crippen molar-refractivity contribution in [2.45, 2.75) is 37.9 Å². The molecule has 4 rings (SSSR count). The van der Waals surface area contributed by atoms with Crippen molar-refractivity contribution < 1.29 is 17.9 Å². The Balaban J connectivity index is 1.86. The molecule has 2 aliphatic rings. The summed E-state index contributed by atoms with van der Waals surface area (Å²) < 4.78 is 64.5. The maximum atomic E-state index is 13.4. The lowest BCUT2D eigenvalue weighted by atomic mass is 10.0. The van der Waals surface area contributed by atoms with Crippen LogP contribution in [-0.4, -0.2) is 48.2 Å². The lowest BCUT2D eigenvalue weighted by Gasteiger charge is -2.28. The molecule has 1 aromatic carbocycles. The molecule has 1 fully saturated rings. The van der Waals surface area contributed by atoms with E-state index in [1.165, 1.54) is 13.0 Å². The standard InChI is InChI=1S/C20H23F3N4O2S/c1-3-15-24-18(28)16-17(25-19(30-16)26-7-9-29-10-8-26)27(15)11-13-5-4-6-14(12(13)2)20(21,22)23/h4-6H,3,7-11,30H2,1-2H3/i30D2. The number of aliphatic imine (C=N–C) groups is 1. The topological polar surface area (TPSA) is 59.7 Å². The molecule has 30 heavy (non-hydrogen) atoms. The zero-order valence-corrected chi connectivity index (χ0v) is 17.4. The van der Waals surface area contributed by atoms with Gasteiger partial charge in [0.25, 0.3) is 5.56 Å². The van der Waals surface area contributed by atoms with Crippen molar-refractivity contribution in [3.8, 4) is 0 Å². The van der Waals surface area contributed by atoms with Crippen LogP contribution in [0.15, 0.2) is 32.9 Å². The lowest BCUT2D eigenvalue weighted by molar-refractivity contribution is -0.138. The fraction of sp³-hybridized carbons (Fsp3) is 0.450. The molecule has 0 saturated carbocycles. The Kier molecular flexibility index (Phi) is 4.96. The molecule has 10 heteroatoms. The van der Waals surface area contributed by atoms with E-state index in [1.807, 2.05) is 0 Å². The number of nitrogens with zero attached hydrogens (tertiary/aromatic N) is 4. The Labute approximate surface area is 177 Å². The Morgan fingerprint density at radius 3 is 2.70 bits per heavy atom. The molecule has 0 atom stereocenters. The average Bonchev–Trinajstić information content (AvgIpc) is 3.02. The molecule has 1 saturated heterocycles. The van der Waals surface area contributed by atoms with E-state index in [1.54, 1.807) is 22.5 Å². The summed E-state index contributed by atoms with van der Waals surface area (Å²) in [7, 11) is 0. The largest absolute Gasteiger partial charge is 0.416 e. The van der Waals surface area contributed by atoms with Gasteiger partial charge in [0.1, 0.15) is 15.9 Å². The van der Waals surface area contributed by atoms with Crippen LogP contribution in [-0.2, 0) is 23.9 Å². The van der Waals surface area contributed by atoms with Crippen molar-refractivity contribution in [3.05, 3.63) is 51.1 Å². The summed E-state index contributed by atoms with van der Waals surface area (Å²) in [5, 5.41) is 0.192. The summed E-state index contributed by atoms with van der Waals surface area (Å²) in [6.45, 7) is 4.96.